The fourth-order valence-electron chi connectivity index (χ4n) is 2.16. The summed E-state index contributed by atoms with van der Waals surface area (Å²) in [5.74, 6) is -0.980. The van der Waals surface area contributed by atoms with E-state index in [9.17, 15) is 17.6 Å². The largest absolute Gasteiger partial charge is 0.465 e. The highest BCUT2D eigenvalue weighted by atomic mass is 32.2. The maximum atomic E-state index is 13.5. The van der Waals surface area contributed by atoms with Crippen LogP contribution in [0, 0.1) is 5.82 Å². The average Bonchev–Trinajstić information content (AvgIpc) is 3.17. The van der Waals surface area contributed by atoms with E-state index in [0.29, 0.717) is 10.2 Å². The lowest BCUT2D eigenvalue weighted by Crippen LogP contribution is -2.23. The standard InChI is InChI=1S/C15H13FN2O4S3/c1-2-22-13(19)9-18-11-6-5-10(16)8-12(11)24-15(18)17-25(20,21)14-4-3-7-23-14/h3-8H,2,9H2,1H3. The van der Waals surface area contributed by atoms with Gasteiger partial charge in [-0.05, 0) is 36.6 Å². The molecule has 0 aliphatic rings. The van der Waals surface area contributed by atoms with E-state index < -0.39 is 21.8 Å². The predicted octanol–water partition coefficient (Wildman–Crippen LogP) is 2.76. The van der Waals surface area contributed by atoms with Crippen molar-refractivity contribution in [3.63, 3.8) is 0 Å². The summed E-state index contributed by atoms with van der Waals surface area (Å²) >= 11 is 2.04. The second-order valence-corrected chi connectivity index (χ2v) is 8.67. The Balaban J connectivity index is 2.19. The van der Waals surface area contributed by atoms with Crippen molar-refractivity contribution in [2.45, 2.75) is 17.7 Å². The van der Waals surface area contributed by atoms with Crippen molar-refractivity contribution in [2.24, 2.45) is 4.40 Å². The van der Waals surface area contributed by atoms with Gasteiger partial charge in [-0.1, -0.05) is 17.4 Å². The number of fused-ring (bicyclic) bond motifs is 1. The molecule has 0 saturated heterocycles. The second kappa shape index (κ2) is 7.06. The molecule has 0 spiro atoms. The minimum Gasteiger partial charge on any atom is -0.465 e. The van der Waals surface area contributed by atoms with Crippen LogP contribution in [0.4, 0.5) is 4.39 Å². The first-order valence-corrected chi connectivity index (χ1v) is 10.3. The average molecular weight is 400 g/mol. The first-order chi connectivity index (χ1) is 11.9. The highest BCUT2D eigenvalue weighted by molar-refractivity contribution is 7.92. The highest BCUT2D eigenvalue weighted by Gasteiger charge is 2.17. The van der Waals surface area contributed by atoms with Gasteiger partial charge in [0.2, 0.25) is 4.80 Å². The number of sulfonamides is 1. The summed E-state index contributed by atoms with van der Waals surface area (Å²) in [4.78, 5) is 12.0. The molecule has 132 valence electrons. The van der Waals surface area contributed by atoms with Crippen LogP contribution < -0.4 is 4.80 Å². The molecule has 0 saturated carbocycles. The summed E-state index contributed by atoms with van der Waals surface area (Å²) in [6.07, 6.45) is 0. The van der Waals surface area contributed by atoms with Gasteiger partial charge in [0, 0.05) is 0 Å². The fourth-order valence-corrected chi connectivity index (χ4v) is 5.39. The molecule has 0 bridgehead atoms. The SMILES string of the molecule is CCOC(=O)Cn1c(=NS(=O)(=O)c2cccs2)sc2cc(F)ccc21. The minimum absolute atomic E-state index is 0.0852. The van der Waals surface area contributed by atoms with Crippen molar-refractivity contribution < 1.29 is 22.3 Å². The Morgan fingerprint density at radius 3 is 2.84 bits per heavy atom. The summed E-state index contributed by atoms with van der Waals surface area (Å²) in [5, 5.41) is 1.63. The molecule has 1 aromatic carbocycles. The zero-order valence-corrected chi connectivity index (χ0v) is 15.5. The molecular weight excluding hydrogens is 387 g/mol. The van der Waals surface area contributed by atoms with Gasteiger partial charge in [0.05, 0.1) is 16.8 Å². The smallest absolute Gasteiger partial charge is 0.326 e. The third kappa shape index (κ3) is 3.80. The van der Waals surface area contributed by atoms with E-state index in [4.69, 9.17) is 4.74 Å². The molecule has 2 heterocycles. The molecule has 10 heteroatoms. The quantitative estimate of drug-likeness (QED) is 0.617. The van der Waals surface area contributed by atoms with E-state index in [-0.39, 0.29) is 22.2 Å². The number of carbonyl (C=O) groups is 1. The van der Waals surface area contributed by atoms with E-state index in [1.807, 2.05) is 0 Å². The van der Waals surface area contributed by atoms with Gasteiger partial charge in [0.15, 0.2) is 0 Å². The monoisotopic (exact) mass is 400 g/mol. The lowest BCUT2D eigenvalue weighted by atomic mass is 10.3. The third-order valence-corrected chi connectivity index (χ3v) is 6.98. The van der Waals surface area contributed by atoms with Gasteiger partial charge in [-0.3, -0.25) is 4.79 Å². The molecule has 3 rings (SSSR count). The Bertz CT molecular complexity index is 1080. The number of hydrogen-bond donors (Lipinski definition) is 0. The molecule has 25 heavy (non-hydrogen) atoms. The first-order valence-electron chi connectivity index (χ1n) is 7.20. The van der Waals surface area contributed by atoms with Crippen LogP contribution in [0.2, 0.25) is 0 Å². The van der Waals surface area contributed by atoms with Crippen LogP contribution in [0.3, 0.4) is 0 Å². The van der Waals surface area contributed by atoms with Crippen molar-refractivity contribution in [3.05, 3.63) is 46.3 Å². The Hall–Kier alpha value is -2.04. The summed E-state index contributed by atoms with van der Waals surface area (Å²) in [6.45, 7) is 1.67. The van der Waals surface area contributed by atoms with Gasteiger partial charge in [-0.15, -0.1) is 15.7 Å². The van der Waals surface area contributed by atoms with E-state index >= 15 is 0 Å². The lowest BCUT2D eigenvalue weighted by Gasteiger charge is -2.05. The van der Waals surface area contributed by atoms with Crippen molar-refractivity contribution in [1.29, 1.82) is 0 Å². The predicted molar refractivity (Wildman–Crippen MR) is 93.5 cm³/mol. The zero-order valence-electron chi connectivity index (χ0n) is 13.0. The number of rotatable bonds is 5. The number of carbonyl (C=O) groups excluding carboxylic acids is 1. The van der Waals surface area contributed by atoms with Crippen LogP contribution >= 0.6 is 22.7 Å². The summed E-state index contributed by atoms with van der Waals surface area (Å²) in [5.41, 5.74) is 0.514. The maximum Gasteiger partial charge on any atom is 0.326 e. The molecule has 0 amide bonds. The number of thiophene rings is 1. The van der Waals surface area contributed by atoms with Crippen molar-refractivity contribution in [3.8, 4) is 0 Å². The molecule has 6 nitrogen and oxygen atoms in total. The first kappa shape index (κ1) is 17.8. The number of halogens is 1. The summed E-state index contributed by atoms with van der Waals surface area (Å²) < 4.78 is 49.1. The van der Waals surface area contributed by atoms with Crippen LogP contribution in [0.15, 0.2) is 44.3 Å². The van der Waals surface area contributed by atoms with Crippen LogP contribution in [0.1, 0.15) is 6.92 Å². The Morgan fingerprint density at radius 2 is 2.16 bits per heavy atom. The molecule has 0 aliphatic carbocycles. The van der Waals surface area contributed by atoms with Gasteiger partial charge in [-0.25, -0.2) is 4.39 Å². The Labute approximate surface area is 150 Å². The fraction of sp³-hybridized carbons (Fsp3) is 0.200. The van der Waals surface area contributed by atoms with Crippen LogP contribution in [-0.4, -0.2) is 25.6 Å². The van der Waals surface area contributed by atoms with E-state index in [1.165, 1.54) is 28.8 Å². The topological polar surface area (TPSA) is 77.7 Å². The third-order valence-electron chi connectivity index (χ3n) is 3.18. The molecule has 2 aromatic heterocycles. The molecule has 3 aromatic rings. The molecule has 0 aliphatic heterocycles. The number of esters is 1. The second-order valence-electron chi connectivity index (χ2n) is 4.89. The van der Waals surface area contributed by atoms with Crippen LogP contribution in [0.5, 0.6) is 0 Å². The molecule has 0 atom stereocenters. The van der Waals surface area contributed by atoms with Gasteiger partial charge >= 0.3 is 5.97 Å². The number of nitrogens with zero attached hydrogens (tertiary/aromatic N) is 2. The Kier molecular flexibility index (Phi) is 5.02. The zero-order chi connectivity index (χ0) is 18.0. The van der Waals surface area contributed by atoms with E-state index in [0.717, 1.165) is 22.7 Å². The van der Waals surface area contributed by atoms with Crippen LogP contribution in [-0.2, 0) is 26.1 Å². The van der Waals surface area contributed by atoms with E-state index in [1.54, 1.807) is 18.4 Å². The maximum absolute atomic E-state index is 13.5. The minimum atomic E-state index is -3.91. The highest BCUT2D eigenvalue weighted by Crippen LogP contribution is 2.21. The molecule has 0 N–H and O–H groups in total. The van der Waals surface area contributed by atoms with Crippen molar-refractivity contribution in [1.82, 2.24) is 4.57 Å². The summed E-state index contributed by atoms with van der Waals surface area (Å²) in [7, 11) is -3.91. The number of benzene rings is 1. The van der Waals surface area contributed by atoms with Crippen molar-refractivity contribution >= 4 is 48.9 Å². The molecule has 0 fully saturated rings. The normalized spacial score (nSPS) is 12.6. The number of hydrogen-bond acceptors (Lipinski definition) is 6. The van der Waals surface area contributed by atoms with Gasteiger partial charge < -0.3 is 9.30 Å². The molecule has 0 radical (unpaired) electrons. The molecule has 0 unspecified atom stereocenters. The molecular formula is C15H13FN2O4S3. The number of thiazole rings is 1. The number of aromatic nitrogens is 1. The number of ether oxygens (including phenoxy) is 1. The Morgan fingerprint density at radius 1 is 1.36 bits per heavy atom. The van der Waals surface area contributed by atoms with Gasteiger partial charge in [0.25, 0.3) is 10.0 Å². The van der Waals surface area contributed by atoms with Crippen molar-refractivity contribution in [2.75, 3.05) is 6.61 Å². The lowest BCUT2D eigenvalue weighted by molar-refractivity contribution is -0.143. The van der Waals surface area contributed by atoms with Gasteiger partial charge in [0.1, 0.15) is 16.6 Å². The summed E-state index contributed by atoms with van der Waals surface area (Å²) in [6, 6.07) is 7.07. The van der Waals surface area contributed by atoms with E-state index in [2.05, 4.69) is 4.40 Å². The van der Waals surface area contributed by atoms with Crippen LogP contribution in [0.25, 0.3) is 10.2 Å². The van der Waals surface area contributed by atoms with Gasteiger partial charge in [-0.2, -0.15) is 8.42 Å².